The summed E-state index contributed by atoms with van der Waals surface area (Å²) in [5.74, 6) is -1.64. The minimum absolute atomic E-state index is 0.0461. The Bertz CT molecular complexity index is 1800. The molecule has 8 nitrogen and oxygen atoms in total. The third kappa shape index (κ3) is 7.43. The molecule has 1 amide bonds. The second-order valence-corrected chi connectivity index (χ2v) is 12.9. The van der Waals surface area contributed by atoms with Crippen LogP contribution in [0.2, 0.25) is 5.02 Å². The second kappa shape index (κ2) is 14.1. The van der Waals surface area contributed by atoms with E-state index in [0.717, 1.165) is 58.6 Å². The van der Waals surface area contributed by atoms with Gasteiger partial charge in [-0.2, -0.15) is 0 Å². The molecule has 0 spiro atoms. The van der Waals surface area contributed by atoms with Crippen LogP contribution < -0.4 is 15.4 Å². The van der Waals surface area contributed by atoms with Crippen LogP contribution in [0.1, 0.15) is 46.4 Å². The lowest BCUT2D eigenvalue weighted by molar-refractivity contribution is 0.101. The van der Waals surface area contributed by atoms with Crippen molar-refractivity contribution in [1.82, 2.24) is 9.88 Å². The van der Waals surface area contributed by atoms with Crippen LogP contribution in [0.4, 0.5) is 20.2 Å². The lowest BCUT2D eigenvalue weighted by Crippen LogP contribution is -2.25. The molecular weight excluding hydrogens is 630 g/mol. The number of halogens is 3. The van der Waals surface area contributed by atoms with E-state index in [1.165, 1.54) is 30.2 Å². The number of thiazole rings is 1. The van der Waals surface area contributed by atoms with Gasteiger partial charge in [0.05, 0.1) is 32.4 Å². The molecule has 1 aromatic heterocycles. The van der Waals surface area contributed by atoms with Crippen molar-refractivity contribution in [2.75, 3.05) is 36.9 Å². The van der Waals surface area contributed by atoms with E-state index < -0.39 is 23.1 Å². The Morgan fingerprint density at radius 3 is 2.59 bits per heavy atom. The van der Waals surface area contributed by atoms with Crippen molar-refractivity contribution >= 4 is 51.9 Å². The van der Waals surface area contributed by atoms with Crippen molar-refractivity contribution in [1.29, 1.82) is 0 Å². The summed E-state index contributed by atoms with van der Waals surface area (Å²) >= 11 is 8.07. The lowest BCUT2D eigenvalue weighted by atomic mass is 10.0. The summed E-state index contributed by atoms with van der Waals surface area (Å²) < 4.78 is 34.3. The van der Waals surface area contributed by atoms with Gasteiger partial charge in [-0.15, -0.1) is 11.3 Å². The normalized spacial score (nSPS) is 16.6. The van der Waals surface area contributed by atoms with Crippen LogP contribution in [0.5, 0.6) is 5.75 Å². The number of anilines is 2. The topological polar surface area (TPSA) is 91.2 Å². The molecule has 0 unspecified atom stereocenters. The predicted molar refractivity (Wildman–Crippen MR) is 181 cm³/mol. The molecule has 2 aliphatic rings. The van der Waals surface area contributed by atoms with Crippen LogP contribution in [0, 0.1) is 18.6 Å². The zero-order valence-corrected chi connectivity index (χ0v) is 27.0. The molecule has 3 aromatic carbocycles. The number of benzene rings is 3. The highest BCUT2D eigenvalue weighted by Gasteiger charge is 2.24. The molecule has 238 valence electrons. The van der Waals surface area contributed by atoms with Crippen molar-refractivity contribution in [3.05, 3.63) is 92.8 Å². The Kier molecular flexibility index (Phi) is 9.72. The Hall–Kier alpha value is -4.19. The number of hydrogen-bond donors (Lipinski definition) is 2. The van der Waals surface area contributed by atoms with Gasteiger partial charge in [0.15, 0.2) is 0 Å². The summed E-state index contributed by atoms with van der Waals surface area (Å²) in [4.78, 5) is 30.3. The number of nitrogens with zero attached hydrogens (tertiary/aromatic N) is 4. The summed E-state index contributed by atoms with van der Waals surface area (Å²) in [6, 6.07) is 15.8. The minimum Gasteiger partial charge on any atom is -0.491 e. The number of hydrogen-bond acceptors (Lipinski definition) is 8. The number of likely N-dealkylation sites (tertiary alicyclic amines) is 1. The average Bonchev–Trinajstić information content (AvgIpc) is 3.68. The van der Waals surface area contributed by atoms with E-state index in [1.54, 1.807) is 24.3 Å². The quantitative estimate of drug-likeness (QED) is 0.191. The summed E-state index contributed by atoms with van der Waals surface area (Å²) in [5.41, 5.74) is 2.73. The number of amides is 1. The SMILES string of the molecule is Cc1nc(-c2cccc(NC(=O)c3c(F)cccc3F)c2)c(C2=NC(Nc3ccc(OCCN4CCCC4)c(Cl)c3)=N[C@H](C)C2)s1. The highest BCUT2D eigenvalue weighted by atomic mass is 35.5. The van der Waals surface area contributed by atoms with Gasteiger partial charge in [-0.05, 0) is 82.2 Å². The average molecular weight is 663 g/mol. The van der Waals surface area contributed by atoms with Crippen molar-refractivity contribution in [2.45, 2.75) is 39.2 Å². The third-order valence-electron chi connectivity index (χ3n) is 7.70. The number of nitrogens with one attached hydrogen (secondary N) is 2. The standard InChI is InChI=1S/C34H33ClF2N6O2S/c1-20-17-28(42-34(38-20)41-24-11-12-29(25(35)19-24)45-16-15-43-13-3-4-14-43)32-31(39-21(2)46-32)22-7-5-8-23(18-22)40-33(44)30-26(36)9-6-10-27(30)37/h5-12,18-20H,3-4,13-17H2,1-2H3,(H,38,41)(H,40,44)/t20-/m1/s1. The van der Waals surface area contributed by atoms with E-state index in [9.17, 15) is 13.6 Å². The first-order valence-electron chi connectivity index (χ1n) is 15.1. The van der Waals surface area contributed by atoms with Gasteiger partial charge in [0, 0.05) is 29.9 Å². The zero-order valence-electron chi connectivity index (χ0n) is 25.4. The molecular formula is C34H33ClF2N6O2S. The fourth-order valence-electron chi connectivity index (χ4n) is 5.53. The van der Waals surface area contributed by atoms with Crippen LogP contribution in [-0.4, -0.2) is 59.7 Å². The molecule has 2 N–H and O–H groups in total. The molecule has 0 radical (unpaired) electrons. The summed E-state index contributed by atoms with van der Waals surface area (Å²) in [6.07, 6.45) is 3.09. The van der Waals surface area contributed by atoms with Gasteiger partial charge < -0.3 is 15.4 Å². The van der Waals surface area contributed by atoms with E-state index in [-0.39, 0.29) is 6.04 Å². The number of guanidine groups is 1. The molecule has 0 aliphatic carbocycles. The second-order valence-electron chi connectivity index (χ2n) is 11.3. The predicted octanol–water partition coefficient (Wildman–Crippen LogP) is 7.83. The van der Waals surface area contributed by atoms with Crippen molar-refractivity contribution in [3.63, 3.8) is 0 Å². The van der Waals surface area contributed by atoms with Gasteiger partial charge in [0.25, 0.3) is 5.91 Å². The number of carbonyl (C=O) groups excluding carboxylic acids is 1. The fraction of sp³-hybridized carbons (Fsp3) is 0.294. The smallest absolute Gasteiger partial charge is 0.261 e. The number of aryl methyl sites for hydroxylation is 1. The third-order valence-corrected chi connectivity index (χ3v) is 9.02. The molecule has 0 saturated carbocycles. The largest absolute Gasteiger partial charge is 0.491 e. The van der Waals surface area contributed by atoms with Gasteiger partial charge in [0.1, 0.15) is 29.6 Å². The first kappa shape index (κ1) is 31.8. The van der Waals surface area contributed by atoms with Crippen LogP contribution in [-0.2, 0) is 0 Å². The molecule has 3 heterocycles. The van der Waals surface area contributed by atoms with Gasteiger partial charge in [-0.3, -0.25) is 9.69 Å². The Balaban J connectivity index is 1.18. The monoisotopic (exact) mass is 662 g/mol. The zero-order chi connectivity index (χ0) is 32.2. The van der Waals surface area contributed by atoms with E-state index in [4.69, 9.17) is 31.3 Å². The number of aromatic nitrogens is 1. The van der Waals surface area contributed by atoms with Crippen molar-refractivity contribution < 1.29 is 18.3 Å². The maximum Gasteiger partial charge on any atom is 0.261 e. The molecule has 1 fully saturated rings. The number of rotatable bonds is 9. The first-order chi connectivity index (χ1) is 22.2. The highest BCUT2D eigenvalue weighted by Crippen LogP contribution is 2.33. The van der Waals surface area contributed by atoms with Crippen molar-refractivity contribution in [3.8, 4) is 17.0 Å². The van der Waals surface area contributed by atoms with E-state index in [0.29, 0.717) is 41.1 Å². The van der Waals surface area contributed by atoms with Gasteiger partial charge in [-0.25, -0.2) is 23.7 Å². The Morgan fingerprint density at radius 2 is 1.83 bits per heavy atom. The number of aliphatic imine (C=N–C) groups is 2. The van der Waals surface area contributed by atoms with E-state index in [2.05, 4.69) is 15.5 Å². The molecule has 46 heavy (non-hydrogen) atoms. The molecule has 2 aliphatic heterocycles. The van der Waals surface area contributed by atoms with E-state index >= 15 is 0 Å². The van der Waals surface area contributed by atoms with Crippen LogP contribution in [0.25, 0.3) is 11.3 Å². The van der Waals surface area contributed by atoms with Crippen LogP contribution in [0.3, 0.4) is 0 Å². The molecule has 12 heteroatoms. The van der Waals surface area contributed by atoms with Crippen LogP contribution >= 0.6 is 22.9 Å². The molecule has 0 bridgehead atoms. The maximum absolute atomic E-state index is 14.2. The van der Waals surface area contributed by atoms with Crippen molar-refractivity contribution in [2.24, 2.45) is 9.98 Å². The number of ether oxygens (including phenoxy) is 1. The molecule has 1 atom stereocenters. The summed E-state index contributed by atoms with van der Waals surface area (Å²) in [7, 11) is 0. The fourth-order valence-corrected chi connectivity index (χ4v) is 6.70. The van der Waals surface area contributed by atoms with Crippen LogP contribution in [0.15, 0.2) is 70.6 Å². The molecule has 1 saturated heterocycles. The summed E-state index contributed by atoms with van der Waals surface area (Å²) in [6.45, 7) is 7.65. The van der Waals surface area contributed by atoms with Gasteiger partial charge in [0.2, 0.25) is 5.96 Å². The minimum atomic E-state index is -0.930. The molecule has 4 aromatic rings. The van der Waals surface area contributed by atoms with Gasteiger partial charge in [-0.1, -0.05) is 29.8 Å². The van der Waals surface area contributed by atoms with E-state index in [1.807, 2.05) is 32.0 Å². The summed E-state index contributed by atoms with van der Waals surface area (Å²) in [5, 5.41) is 7.24. The number of carbonyl (C=O) groups is 1. The lowest BCUT2D eigenvalue weighted by Gasteiger charge is -2.19. The Labute approximate surface area is 275 Å². The first-order valence-corrected chi connectivity index (χ1v) is 16.3. The maximum atomic E-state index is 14.2. The molecule has 6 rings (SSSR count). The van der Waals surface area contributed by atoms with Gasteiger partial charge >= 0.3 is 0 Å². The Morgan fingerprint density at radius 1 is 1.07 bits per heavy atom. The highest BCUT2D eigenvalue weighted by molar-refractivity contribution is 7.14.